The molecule has 0 aliphatic heterocycles. The fourth-order valence-electron chi connectivity index (χ4n) is 1.94. The molecule has 0 fully saturated rings. The van der Waals surface area contributed by atoms with E-state index >= 15 is 0 Å². The molecule has 0 bridgehead atoms. The number of aromatic nitrogens is 3. The van der Waals surface area contributed by atoms with Crippen molar-refractivity contribution in [1.29, 1.82) is 0 Å². The molecule has 0 spiro atoms. The highest BCUT2D eigenvalue weighted by Crippen LogP contribution is 2.23. The summed E-state index contributed by atoms with van der Waals surface area (Å²) < 4.78 is 0. The van der Waals surface area contributed by atoms with E-state index in [-0.39, 0.29) is 5.91 Å². The Bertz CT molecular complexity index is 583. The highest BCUT2D eigenvalue weighted by molar-refractivity contribution is 6.07. The first-order valence-electron chi connectivity index (χ1n) is 5.95. The zero-order chi connectivity index (χ0) is 14.0. The summed E-state index contributed by atoms with van der Waals surface area (Å²) in [5.74, 6) is -0.181. The van der Waals surface area contributed by atoms with Gasteiger partial charge in [-0.3, -0.25) is 14.9 Å². The molecule has 2 heterocycles. The summed E-state index contributed by atoms with van der Waals surface area (Å²) in [6.07, 6.45) is 3.33. The maximum Gasteiger partial charge on any atom is 0.259 e. The van der Waals surface area contributed by atoms with Crippen LogP contribution in [0.5, 0.6) is 0 Å². The van der Waals surface area contributed by atoms with Crippen molar-refractivity contribution in [1.82, 2.24) is 15.2 Å². The molecule has 100 valence electrons. The van der Waals surface area contributed by atoms with Gasteiger partial charge in [0.2, 0.25) is 0 Å². The van der Waals surface area contributed by atoms with Crippen LogP contribution in [-0.4, -0.2) is 35.2 Å². The lowest BCUT2D eigenvalue weighted by molar-refractivity contribution is 0.102. The topological polar surface area (TPSA) is 73.9 Å². The molecule has 2 aromatic heterocycles. The van der Waals surface area contributed by atoms with Gasteiger partial charge in [0.25, 0.3) is 5.91 Å². The van der Waals surface area contributed by atoms with E-state index in [9.17, 15) is 4.79 Å². The Hall–Kier alpha value is -2.37. The lowest BCUT2D eigenvalue weighted by atomic mass is 10.2. The van der Waals surface area contributed by atoms with Crippen molar-refractivity contribution < 1.29 is 4.79 Å². The smallest absolute Gasteiger partial charge is 0.259 e. The molecule has 19 heavy (non-hydrogen) atoms. The quantitative estimate of drug-likeness (QED) is 0.880. The number of H-pyrrole nitrogens is 1. The van der Waals surface area contributed by atoms with Crippen LogP contribution in [0.1, 0.15) is 21.7 Å². The molecule has 0 aliphatic carbocycles. The molecule has 6 heteroatoms. The average molecular weight is 259 g/mol. The third-order valence-electron chi connectivity index (χ3n) is 2.88. The monoisotopic (exact) mass is 259 g/mol. The van der Waals surface area contributed by atoms with E-state index in [0.29, 0.717) is 16.9 Å². The number of carbonyl (C=O) groups is 1. The number of hydrogen-bond donors (Lipinski definition) is 2. The van der Waals surface area contributed by atoms with Crippen molar-refractivity contribution in [2.24, 2.45) is 0 Å². The maximum atomic E-state index is 12.3. The van der Waals surface area contributed by atoms with E-state index in [4.69, 9.17) is 0 Å². The molecular weight excluding hydrogens is 242 g/mol. The number of anilines is 2. The Balaban J connectivity index is 2.30. The minimum absolute atomic E-state index is 0.181. The third-order valence-corrected chi connectivity index (χ3v) is 2.88. The first-order chi connectivity index (χ1) is 9.00. The van der Waals surface area contributed by atoms with Gasteiger partial charge in [0.05, 0.1) is 28.8 Å². The van der Waals surface area contributed by atoms with Crippen LogP contribution in [0.15, 0.2) is 18.5 Å². The third kappa shape index (κ3) is 2.57. The van der Waals surface area contributed by atoms with Gasteiger partial charge in [0.1, 0.15) is 0 Å². The number of pyridine rings is 1. The van der Waals surface area contributed by atoms with Gasteiger partial charge in [0.15, 0.2) is 0 Å². The molecule has 0 unspecified atom stereocenters. The lowest BCUT2D eigenvalue weighted by Crippen LogP contribution is -2.17. The number of aryl methyl sites for hydroxylation is 2. The van der Waals surface area contributed by atoms with Gasteiger partial charge in [0, 0.05) is 26.0 Å². The summed E-state index contributed by atoms with van der Waals surface area (Å²) in [5.41, 5.74) is 3.60. The number of carbonyl (C=O) groups excluding carboxylic acids is 1. The maximum absolute atomic E-state index is 12.3. The zero-order valence-electron chi connectivity index (χ0n) is 11.5. The Morgan fingerprint density at radius 1 is 1.37 bits per heavy atom. The van der Waals surface area contributed by atoms with E-state index in [2.05, 4.69) is 20.5 Å². The Morgan fingerprint density at radius 3 is 2.68 bits per heavy atom. The first-order valence-corrected chi connectivity index (χ1v) is 5.95. The predicted octanol–water partition coefficient (Wildman–Crippen LogP) is 1.74. The summed E-state index contributed by atoms with van der Waals surface area (Å²) in [6.45, 7) is 3.62. The van der Waals surface area contributed by atoms with Crippen LogP contribution in [0.3, 0.4) is 0 Å². The van der Waals surface area contributed by atoms with Gasteiger partial charge in [-0.25, -0.2) is 0 Å². The molecule has 0 saturated carbocycles. The Morgan fingerprint density at radius 2 is 2.11 bits per heavy atom. The van der Waals surface area contributed by atoms with Gasteiger partial charge in [-0.15, -0.1) is 0 Å². The van der Waals surface area contributed by atoms with Gasteiger partial charge < -0.3 is 10.2 Å². The summed E-state index contributed by atoms with van der Waals surface area (Å²) in [4.78, 5) is 18.2. The predicted molar refractivity (Wildman–Crippen MR) is 74.6 cm³/mol. The van der Waals surface area contributed by atoms with E-state index in [1.165, 1.54) is 0 Å². The van der Waals surface area contributed by atoms with Gasteiger partial charge in [-0.1, -0.05) is 0 Å². The largest absolute Gasteiger partial charge is 0.376 e. The van der Waals surface area contributed by atoms with Crippen LogP contribution in [0.4, 0.5) is 11.4 Å². The highest BCUT2D eigenvalue weighted by Gasteiger charge is 2.16. The van der Waals surface area contributed by atoms with Crippen molar-refractivity contribution in [3.05, 3.63) is 35.4 Å². The van der Waals surface area contributed by atoms with Gasteiger partial charge in [-0.05, 0) is 19.9 Å². The Kier molecular flexibility index (Phi) is 3.50. The number of amides is 1. The first kappa shape index (κ1) is 13.1. The van der Waals surface area contributed by atoms with Crippen LogP contribution in [0, 0.1) is 13.8 Å². The summed E-state index contributed by atoms with van der Waals surface area (Å²) in [6, 6.07) is 1.85. The molecule has 2 N–H and O–H groups in total. The molecule has 2 rings (SSSR count). The second-order valence-electron chi connectivity index (χ2n) is 4.55. The average Bonchev–Trinajstić information content (AvgIpc) is 2.69. The molecule has 0 radical (unpaired) electrons. The molecule has 0 aromatic carbocycles. The van der Waals surface area contributed by atoms with E-state index in [0.717, 1.165) is 11.4 Å². The van der Waals surface area contributed by atoms with E-state index in [1.807, 2.05) is 32.0 Å². The summed E-state index contributed by atoms with van der Waals surface area (Å²) in [5, 5.41) is 9.70. The number of nitrogens with one attached hydrogen (secondary N) is 2. The van der Waals surface area contributed by atoms with Crippen LogP contribution >= 0.6 is 0 Å². The standard InChI is InChI=1S/C13H17N5O/c1-8-12(9(2)17-16-8)13(19)15-10-7-14-6-5-11(10)18(3)4/h5-7H,1-4H3,(H,15,19)(H,16,17). The zero-order valence-corrected chi connectivity index (χ0v) is 11.5. The van der Waals surface area contributed by atoms with Crippen LogP contribution in [0.2, 0.25) is 0 Å². The number of nitrogens with zero attached hydrogens (tertiary/aromatic N) is 3. The van der Waals surface area contributed by atoms with Crippen molar-refractivity contribution in [3.8, 4) is 0 Å². The number of aromatic amines is 1. The second kappa shape index (κ2) is 5.09. The van der Waals surface area contributed by atoms with Crippen molar-refractivity contribution >= 4 is 17.3 Å². The fourth-order valence-corrected chi connectivity index (χ4v) is 1.94. The number of rotatable bonds is 3. The lowest BCUT2D eigenvalue weighted by Gasteiger charge is -2.17. The SMILES string of the molecule is Cc1n[nH]c(C)c1C(=O)Nc1cnccc1N(C)C. The minimum atomic E-state index is -0.181. The molecular formula is C13H17N5O. The highest BCUT2D eigenvalue weighted by atomic mass is 16.1. The summed E-state index contributed by atoms with van der Waals surface area (Å²) >= 11 is 0. The van der Waals surface area contributed by atoms with Crippen molar-refractivity contribution in [2.75, 3.05) is 24.3 Å². The molecule has 1 amide bonds. The van der Waals surface area contributed by atoms with Crippen molar-refractivity contribution in [2.45, 2.75) is 13.8 Å². The molecule has 6 nitrogen and oxygen atoms in total. The molecule has 0 aliphatic rings. The van der Waals surface area contributed by atoms with Gasteiger partial charge >= 0.3 is 0 Å². The van der Waals surface area contributed by atoms with Gasteiger partial charge in [-0.2, -0.15) is 5.10 Å². The molecule has 0 saturated heterocycles. The minimum Gasteiger partial charge on any atom is -0.376 e. The Labute approximate surface area is 111 Å². The van der Waals surface area contributed by atoms with Crippen LogP contribution in [-0.2, 0) is 0 Å². The van der Waals surface area contributed by atoms with Crippen molar-refractivity contribution in [3.63, 3.8) is 0 Å². The normalized spacial score (nSPS) is 10.3. The van der Waals surface area contributed by atoms with E-state index < -0.39 is 0 Å². The fraction of sp³-hybridized carbons (Fsp3) is 0.308. The van der Waals surface area contributed by atoms with E-state index in [1.54, 1.807) is 19.3 Å². The number of hydrogen-bond acceptors (Lipinski definition) is 4. The molecule has 2 aromatic rings. The summed E-state index contributed by atoms with van der Waals surface area (Å²) in [7, 11) is 3.83. The molecule has 0 atom stereocenters. The second-order valence-corrected chi connectivity index (χ2v) is 4.55. The van der Waals surface area contributed by atoms with Crippen LogP contribution in [0.25, 0.3) is 0 Å². The van der Waals surface area contributed by atoms with Crippen LogP contribution < -0.4 is 10.2 Å².